The fourth-order valence-electron chi connectivity index (χ4n) is 2.38. The Morgan fingerprint density at radius 1 is 1.52 bits per heavy atom. The molecule has 21 heavy (non-hydrogen) atoms. The van der Waals surface area contributed by atoms with Gasteiger partial charge in [0.15, 0.2) is 0 Å². The number of rotatable bonds is 8. The van der Waals surface area contributed by atoms with E-state index in [1.54, 1.807) is 11.8 Å². The van der Waals surface area contributed by atoms with E-state index in [1.807, 2.05) is 18.2 Å². The molecule has 0 aromatic heterocycles. The van der Waals surface area contributed by atoms with Crippen molar-refractivity contribution in [3.05, 3.63) is 29.8 Å². The van der Waals surface area contributed by atoms with Crippen LogP contribution in [0.4, 0.5) is 0 Å². The number of amides is 1. The number of ether oxygens (including phenoxy) is 1. The summed E-state index contributed by atoms with van der Waals surface area (Å²) in [4.78, 5) is 21.2. The molecule has 0 aliphatic carbocycles. The molecular weight excluding hydrogens is 290 g/mol. The van der Waals surface area contributed by atoms with E-state index in [-0.39, 0.29) is 0 Å². The minimum Gasteiger partial charge on any atom is -0.493 e. The molecule has 2 atom stereocenters. The highest BCUT2D eigenvalue weighted by Gasteiger charge is 2.21. The summed E-state index contributed by atoms with van der Waals surface area (Å²) in [5.41, 5.74) is 1.23. The van der Waals surface area contributed by atoms with Gasteiger partial charge in [0.2, 0.25) is 6.41 Å². The third kappa shape index (κ3) is 4.39. The van der Waals surface area contributed by atoms with Crippen molar-refractivity contribution in [2.24, 2.45) is 0 Å². The molecule has 1 aromatic rings. The second-order valence-electron chi connectivity index (χ2n) is 4.91. The summed E-state index contributed by atoms with van der Waals surface area (Å²) in [6, 6.07) is 7.27. The first kappa shape index (κ1) is 15.7. The second kappa shape index (κ2) is 7.93. The summed E-state index contributed by atoms with van der Waals surface area (Å²) in [6.07, 6.45) is 1.86. The van der Waals surface area contributed by atoms with E-state index in [9.17, 15) is 9.59 Å². The number of aliphatic carboxylic acids is 1. The number of fused-ring (bicyclic) bond motifs is 1. The Morgan fingerprint density at radius 2 is 2.33 bits per heavy atom. The smallest absolute Gasteiger partial charge is 0.326 e. The molecule has 0 bridgehead atoms. The predicted octanol–water partition coefficient (Wildman–Crippen LogP) is 1.88. The summed E-state index contributed by atoms with van der Waals surface area (Å²) >= 11 is 1.72. The SMILES string of the molecule is O=CNC(CCSCC1CCOc2ccccc21)C(=O)O. The molecule has 2 unspecified atom stereocenters. The quantitative estimate of drug-likeness (QED) is 0.566. The Bertz CT molecular complexity index is 494. The summed E-state index contributed by atoms with van der Waals surface area (Å²) in [7, 11) is 0. The standard InChI is InChI=1S/C15H19NO4S/c17-10-16-13(15(18)19)6-8-21-9-11-5-7-20-14-4-2-1-3-12(11)14/h1-4,10-11,13H,5-9H2,(H,16,17)(H,18,19). The Labute approximate surface area is 128 Å². The number of thioether (sulfide) groups is 1. The van der Waals surface area contributed by atoms with Gasteiger partial charge in [-0.2, -0.15) is 11.8 Å². The van der Waals surface area contributed by atoms with Crippen molar-refractivity contribution < 1.29 is 19.4 Å². The maximum Gasteiger partial charge on any atom is 0.326 e. The van der Waals surface area contributed by atoms with Gasteiger partial charge in [0.25, 0.3) is 0 Å². The Balaban J connectivity index is 1.79. The van der Waals surface area contributed by atoms with Gasteiger partial charge in [-0.05, 0) is 36.1 Å². The first-order chi connectivity index (χ1) is 10.2. The van der Waals surface area contributed by atoms with Gasteiger partial charge >= 0.3 is 5.97 Å². The summed E-state index contributed by atoms with van der Waals surface area (Å²) in [5.74, 6) is 2.06. The lowest BCUT2D eigenvalue weighted by atomic mass is 9.95. The van der Waals surface area contributed by atoms with Gasteiger partial charge in [0.05, 0.1) is 6.61 Å². The van der Waals surface area contributed by atoms with E-state index < -0.39 is 12.0 Å². The lowest BCUT2D eigenvalue weighted by molar-refractivity contribution is -0.140. The van der Waals surface area contributed by atoms with Crippen molar-refractivity contribution >= 4 is 24.1 Å². The highest BCUT2D eigenvalue weighted by molar-refractivity contribution is 7.99. The Kier molecular flexibility index (Phi) is 5.92. The average molecular weight is 309 g/mol. The molecule has 5 nitrogen and oxygen atoms in total. The number of hydrogen-bond donors (Lipinski definition) is 2. The fourth-order valence-corrected chi connectivity index (χ4v) is 3.58. The van der Waals surface area contributed by atoms with Gasteiger partial charge in [-0.25, -0.2) is 4.79 Å². The predicted molar refractivity (Wildman–Crippen MR) is 81.9 cm³/mol. The molecule has 1 aromatic carbocycles. The van der Waals surface area contributed by atoms with Crippen molar-refractivity contribution in [2.45, 2.75) is 24.8 Å². The molecule has 0 radical (unpaired) electrons. The van der Waals surface area contributed by atoms with Crippen LogP contribution in [0.25, 0.3) is 0 Å². The molecule has 0 fully saturated rings. The molecule has 0 spiro atoms. The molecule has 1 aliphatic heterocycles. The molecule has 1 heterocycles. The third-order valence-corrected chi connectivity index (χ3v) is 4.68. The van der Waals surface area contributed by atoms with E-state index in [0.717, 1.165) is 24.5 Å². The molecule has 114 valence electrons. The topological polar surface area (TPSA) is 75.6 Å². The van der Waals surface area contributed by atoms with Crippen molar-refractivity contribution in [2.75, 3.05) is 18.1 Å². The van der Waals surface area contributed by atoms with E-state index in [0.29, 0.717) is 24.5 Å². The van der Waals surface area contributed by atoms with Gasteiger partial charge in [0, 0.05) is 5.75 Å². The maximum atomic E-state index is 10.9. The third-order valence-electron chi connectivity index (χ3n) is 3.52. The van der Waals surface area contributed by atoms with Gasteiger partial charge in [0.1, 0.15) is 11.8 Å². The maximum absolute atomic E-state index is 10.9. The van der Waals surface area contributed by atoms with Crippen LogP contribution in [0.5, 0.6) is 5.75 Å². The first-order valence-corrected chi connectivity index (χ1v) is 8.10. The number of carbonyl (C=O) groups excluding carboxylic acids is 1. The summed E-state index contributed by atoms with van der Waals surface area (Å²) < 4.78 is 5.63. The van der Waals surface area contributed by atoms with Crippen LogP contribution in [0.15, 0.2) is 24.3 Å². The van der Waals surface area contributed by atoms with Crippen LogP contribution in [-0.4, -0.2) is 41.6 Å². The van der Waals surface area contributed by atoms with E-state index in [1.165, 1.54) is 5.56 Å². The molecule has 2 N–H and O–H groups in total. The zero-order valence-electron chi connectivity index (χ0n) is 11.7. The number of benzene rings is 1. The van der Waals surface area contributed by atoms with E-state index >= 15 is 0 Å². The number of carboxylic acids is 1. The van der Waals surface area contributed by atoms with Crippen LogP contribution in [0.1, 0.15) is 24.3 Å². The fraction of sp³-hybridized carbons (Fsp3) is 0.467. The molecule has 6 heteroatoms. The highest BCUT2D eigenvalue weighted by Crippen LogP contribution is 2.35. The lowest BCUT2D eigenvalue weighted by Crippen LogP contribution is -2.36. The monoisotopic (exact) mass is 309 g/mol. The van der Waals surface area contributed by atoms with Crippen LogP contribution < -0.4 is 10.1 Å². The van der Waals surface area contributed by atoms with Gasteiger partial charge in [-0.15, -0.1) is 0 Å². The Morgan fingerprint density at radius 3 is 3.10 bits per heavy atom. The molecule has 0 saturated heterocycles. The van der Waals surface area contributed by atoms with Gasteiger partial charge < -0.3 is 15.2 Å². The minimum absolute atomic E-state index is 0.434. The number of carbonyl (C=O) groups is 2. The van der Waals surface area contributed by atoms with E-state index in [2.05, 4.69) is 11.4 Å². The van der Waals surface area contributed by atoms with Crippen LogP contribution in [0.2, 0.25) is 0 Å². The molecular formula is C15H19NO4S. The van der Waals surface area contributed by atoms with Crippen LogP contribution in [0.3, 0.4) is 0 Å². The minimum atomic E-state index is -0.987. The van der Waals surface area contributed by atoms with Gasteiger partial charge in [-0.1, -0.05) is 18.2 Å². The highest BCUT2D eigenvalue weighted by atomic mass is 32.2. The summed E-state index contributed by atoms with van der Waals surface area (Å²) in [6.45, 7) is 0.729. The normalized spacial score (nSPS) is 18.2. The molecule has 0 saturated carbocycles. The lowest BCUT2D eigenvalue weighted by Gasteiger charge is -2.25. The van der Waals surface area contributed by atoms with Crippen LogP contribution in [0, 0.1) is 0 Å². The van der Waals surface area contributed by atoms with Crippen molar-refractivity contribution in [1.82, 2.24) is 5.32 Å². The Hall–Kier alpha value is -1.69. The van der Waals surface area contributed by atoms with Gasteiger partial charge in [-0.3, -0.25) is 4.79 Å². The first-order valence-electron chi connectivity index (χ1n) is 6.94. The molecule has 1 amide bonds. The van der Waals surface area contributed by atoms with Crippen molar-refractivity contribution in [3.63, 3.8) is 0 Å². The average Bonchev–Trinajstić information content (AvgIpc) is 2.50. The molecule has 2 rings (SSSR count). The van der Waals surface area contributed by atoms with Crippen molar-refractivity contribution in [3.8, 4) is 5.75 Å². The molecule has 1 aliphatic rings. The number of para-hydroxylation sites is 1. The van der Waals surface area contributed by atoms with Crippen molar-refractivity contribution in [1.29, 1.82) is 0 Å². The van der Waals surface area contributed by atoms with Crippen LogP contribution >= 0.6 is 11.8 Å². The number of nitrogens with one attached hydrogen (secondary N) is 1. The second-order valence-corrected chi connectivity index (χ2v) is 6.06. The zero-order chi connectivity index (χ0) is 15.1. The zero-order valence-corrected chi connectivity index (χ0v) is 12.5. The largest absolute Gasteiger partial charge is 0.493 e. The van der Waals surface area contributed by atoms with E-state index in [4.69, 9.17) is 9.84 Å². The number of carboxylic acid groups (broad SMARTS) is 1. The number of hydrogen-bond acceptors (Lipinski definition) is 4. The van der Waals surface area contributed by atoms with Crippen LogP contribution in [-0.2, 0) is 9.59 Å². The summed E-state index contributed by atoms with van der Waals surface area (Å²) in [5, 5.41) is 11.3.